The van der Waals surface area contributed by atoms with Crippen LogP contribution in [0.25, 0.3) is 11.0 Å². The van der Waals surface area contributed by atoms with Crippen molar-refractivity contribution >= 4 is 28.6 Å². The van der Waals surface area contributed by atoms with Crippen molar-refractivity contribution in [3.63, 3.8) is 0 Å². The van der Waals surface area contributed by atoms with Crippen LogP contribution in [0, 0.1) is 5.92 Å². The van der Waals surface area contributed by atoms with Crippen molar-refractivity contribution in [2.45, 2.75) is 44.6 Å². The monoisotopic (exact) mass is 449 g/mol. The molecule has 3 aromatic rings. The number of rotatable bonds is 9. The molecule has 0 bridgehead atoms. The topological polar surface area (TPSA) is 106 Å². The van der Waals surface area contributed by atoms with E-state index >= 15 is 0 Å². The number of hydrogen-bond donors (Lipinski definition) is 2. The fourth-order valence-corrected chi connectivity index (χ4v) is 4.14. The zero-order valence-electron chi connectivity index (χ0n) is 18.3. The lowest BCUT2D eigenvalue weighted by Crippen LogP contribution is -2.27. The van der Waals surface area contributed by atoms with E-state index in [-0.39, 0.29) is 23.7 Å². The minimum absolute atomic E-state index is 0.0117. The number of furan rings is 1. The summed E-state index contributed by atoms with van der Waals surface area (Å²) in [5, 5.41) is 12.8. The summed E-state index contributed by atoms with van der Waals surface area (Å²) >= 11 is 0. The molecule has 172 valence electrons. The first-order chi connectivity index (χ1) is 16.0. The molecular weight excluding hydrogens is 422 g/mol. The van der Waals surface area contributed by atoms with Crippen LogP contribution < -0.4 is 10.1 Å². The zero-order chi connectivity index (χ0) is 23.2. The van der Waals surface area contributed by atoms with E-state index in [9.17, 15) is 14.4 Å². The molecule has 0 unspecified atom stereocenters. The number of fused-ring (bicyclic) bond motifs is 1. The van der Waals surface area contributed by atoms with Gasteiger partial charge in [-0.15, -0.1) is 0 Å². The molecule has 0 atom stereocenters. The second-order valence-corrected chi connectivity index (χ2v) is 8.41. The van der Waals surface area contributed by atoms with Crippen LogP contribution >= 0.6 is 0 Å². The first-order valence-corrected chi connectivity index (χ1v) is 11.3. The van der Waals surface area contributed by atoms with Gasteiger partial charge in [-0.25, -0.2) is 0 Å². The Kier molecular flexibility index (Phi) is 7.07. The van der Waals surface area contributed by atoms with Crippen LogP contribution in [-0.2, 0) is 4.79 Å². The number of carboxylic acid groups (broad SMARTS) is 1. The van der Waals surface area contributed by atoms with Crippen LogP contribution in [0.3, 0.4) is 0 Å². The second kappa shape index (κ2) is 10.3. The molecule has 1 fully saturated rings. The molecule has 33 heavy (non-hydrogen) atoms. The van der Waals surface area contributed by atoms with E-state index in [1.807, 2.05) is 6.07 Å². The Morgan fingerprint density at radius 3 is 2.42 bits per heavy atom. The molecule has 2 N–H and O–H groups in total. The van der Waals surface area contributed by atoms with E-state index in [1.165, 1.54) is 0 Å². The van der Waals surface area contributed by atoms with Gasteiger partial charge >= 0.3 is 5.97 Å². The van der Waals surface area contributed by atoms with E-state index in [2.05, 4.69) is 5.32 Å². The van der Waals surface area contributed by atoms with Gasteiger partial charge in [-0.1, -0.05) is 0 Å². The van der Waals surface area contributed by atoms with E-state index < -0.39 is 5.97 Å². The Morgan fingerprint density at radius 2 is 1.70 bits per heavy atom. The number of Topliss-reactive ketones (excluding diaryl/α,β-unsaturated/α-hetero) is 1. The number of carbonyl (C=O) groups excluding carboxylic acids is 2. The largest absolute Gasteiger partial charge is 0.490 e. The lowest BCUT2D eigenvalue weighted by Gasteiger charge is -2.26. The number of aliphatic carboxylic acids is 1. The summed E-state index contributed by atoms with van der Waals surface area (Å²) in [4.78, 5) is 35.8. The van der Waals surface area contributed by atoms with Gasteiger partial charge in [0, 0.05) is 29.5 Å². The van der Waals surface area contributed by atoms with Gasteiger partial charge in [0.15, 0.2) is 5.78 Å². The molecule has 0 radical (unpaired) electrons. The predicted molar refractivity (Wildman–Crippen MR) is 123 cm³/mol. The highest BCUT2D eigenvalue weighted by Gasteiger charge is 2.26. The first kappa shape index (κ1) is 22.6. The number of amides is 1. The number of ether oxygens (including phenoxy) is 1. The lowest BCUT2D eigenvalue weighted by molar-refractivity contribution is -0.143. The summed E-state index contributed by atoms with van der Waals surface area (Å²) in [7, 11) is 0. The molecule has 1 amide bonds. The van der Waals surface area contributed by atoms with Gasteiger partial charge in [-0.2, -0.15) is 0 Å². The lowest BCUT2D eigenvalue weighted by atomic mass is 9.87. The van der Waals surface area contributed by atoms with Crippen molar-refractivity contribution in [1.82, 2.24) is 5.32 Å². The van der Waals surface area contributed by atoms with Crippen molar-refractivity contribution in [2.75, 3.05) is 6.54 Å². The number of hydrogen-bond acceptors (Lipinski definition) is 5. The quantitative estimate of drug-likeness (QED) is 0.357. The summed E-state index contributed by atoms with van der Waals surface area (Å²) < 4.78 is 11.2. The highest BCUT2D eigenvalue weighted by Crippen LogP contribution is 2.28. The fourth-order valence-electron chi connectivity index (χ4n) is 4.14. The number of nitrogens with one attached hydrogen (secondary N) is 1. The normalized spacial score (nSPS) is 18.1. The molecule has 7 nitrogen and oxygen atoms in total. The van der Waals surface area contributed by atoms with Gasteiger partial charge in [-0.3, -0.25) is 14.4 Å². The van der Waals surface area contributed by atoms with Crippen LogP contribution in [0.15, 0.2) is 59.2 Å². The van der Waals surface area contributed by atoms with Crippen LogP contribution in [-0.4, -0.2) is 35.4 Å². The third-order valence-corrected chi connectivity index (χ3v) is 6.08. The van der Waals surface area contributed by atoms with E-state index in [0.717, 1.165) is 23.8 Å². The van der Waals surface area contributed by atoms with Crippen molar-refractivity contribution in [3.8, 4) is 5.75 Å². The van der Waals surface area contributed by atoms with Gasteiger partial charge in [0.25, 0.3) is 5.91 Å². The smallest absolute Gasteiger partial charge is 0.306 e. The molecule has 1 aromatic heterocycles. The van der Waals surface area contributed by atoms with Crippen molar-refractivity contribution < 1.29 is 28.6 Å². The molecule has 0 saturated heterocycles. The van der Waals surface area contributed by atoms with Crippen LogP contribution in [0.4, 0.5) is 0 Å². The summed E-state index contributed by atoms with van der Waals surface area (Å²) in [6.07, 6.45) is 5.18. The Bertz CT molecular complexity index is 1130. The Labute approximate surface area is 191 Å². The average Bonchev–Trinajstić information content (AvgIpc) is 3.30. The highest BCUT2D eigenvalue weighted by molar-refractivity contribution is 5.98. The molecule has 1 aliphatic rings. The third kappa shape index (κ3) is 5.80. The highest BCUT2D eigenvalue weighted by atomic mass is 16.5. The van der Waals surface area contributed by atoms with E-state index in [1.54, 1.807) is 48.7 Å². The first-order valence-electron chi connectivity index (χ1n) is 11.3. The summed E-state index contributed by atoms with van der Waals surface area (Å²) in [5.74, 6) is -0.476. The maximum Gasteiger partial charge on any atom is 0.306 e. The van der Waals surface area contributed by atoms with Gasteiger partial charge in [-0.05, 0) is 80.6 Å². The van der Waals surface area contributed by atoms with Crippen LogP contribution in [0.5, 0.6) is 5.75 Å². The molecule has 7 heteroatoms. The molecule has 1 saturated carbocycles. The molecule has 1 aliphatic carbocycles. The maximum absolute atomic E-state index is 12.5. The van der Waals surface area contributed by atoms with Crippen LogP contribution in [0.1, 0.15) is 59.2 Å². The third-order valence-electron chi connectivity index (χ3n) is 6.08. The second-order valence-electron chi connectivity index (χ2n) is 8.41. The van der Waals surface area contributed by atoms with E-state index in [4.69, 9.17) is 14.3 Å². The van der Waals surface area contributed by atoms with Gasteiger partial charge < -0.3 is 19.6 Å². The van der Waals surface area contributed by atoms with E-state index in [0.29, 0.717) is 49.1 Å². The Balaban J connectivity index is 1.19. The van der Waals surface area contributed by atoms with Crippen molar-refractivity contribution in [1.29, 1.82) is 0 Å². The minimum Gasteiger partial charge on any atom is -0.490 e. The van der Waals surface area contributed by atoms with Gasteiger partial charge in [0.1, 0.15) is 11.3 Å². The average molecular weight is 450 g/mol. The number of carbonyl (C=O) groups is 3. The van der Waals surface area contributed by atoms with Crippen molar-refractivity contribution in [3.05, 3.63) is 65.9 Å². The predicted octanol–water partition coefficient (Wildman–Crippen LogP) is 4.85. The zero-order valence-corrected chi connectivity index (χ0v) is 18.3. The van der Waals surface area contributed by atoms with Crippen molar-refractivity contribution in [2.24, 2.45) is 5.92 Å². The SMILES string of the molecule is O=C(CCCNC(=O)c1ccc2occc2c1)c1ccc(OC2CCC(C(=O)O)CC2)cc1. The Morgan fingerprint density at radius 1 is 0.970 bits per heavy atom. The standard InChI is InChI=1S/C26H27NO6/c28-23(2-1-14-27-25(29)20-7-12-24-19(16-20)13-15-32-24)17-3-8-21(9-4-17)33-22-10-5-18(6-11-22)26(30)31/h3-4,7-9,12-13,15-16,18,22H,1-2,5-6,10-11,14H2,(H,27,29)(H,30,31). The maximum atomic E-state index is 12.5. The van der Waals surface area contributed by atoms with Gasteiger partial charge in [0.2, 0.25) is 0 Å². The number of benzene rings is 2. The Hall–Kier alpha value is -3.61. The summed E-state index contributed by atoms with van der Waals surface area (Å²) in [6, 6.07) is 14.1. The molecule has 4 rings (SSSR count). The number of carboxylic acids is 1. The molecular formula is C26H27NO6. The summed E-state index contributed by atoms with van der Waals surface area (Å²) in [5.41, 5.74) is 1.90. The molecule has 0 aliphatic heterocycles. The molecule has 0 spiro atoms. The minimum atomic E-state index is -0.730. The summed E-state index contributed by atoms with van der Waals surface area (Å²) in [6.45, 7) is 0.411. The molecule has 2 aromatic carbocycles. The molecule has 1 heterocycles. The van der Waals surface area contributed by atoms with Crippen LogP contribution in [0.2, 0.25) is 0 Å². The number of ketones is 1. The fraction of sp³-hybridized carbons (Fsp3) is 0.346. The van der Waals surface area contributed by atoms with Gasteiger partial charge in [0.05, 0.1) is 18.3 Å².